The van der Waals surface area contributed by atoms with E-state index in [0.29, 0.717) is 19.4 Å². The van der Waals surface area contributed by atoms with E-state index >= 15 is 0 Å². The molecule has 0 aromatic carbocycles. The standard InChI is InChI=1S/C11H22N2O3/c1-8(7-9(12)14)5-6-13-10(15)16-11(2,3)4/h8H,5-7H2,1-4H3,(H2,12,14)(H,13,15). The maximum Gasteiger partial charge on any atom is 0.407 e. The number of carbonyl (C=O) groups excluding carboxylic acids is 2. The number of primary amides is 1. The fourth-order valence-corrected chi connectivity index (χ4v) is 1.18. The fraction of sp³-hybridized carbons (Fsp3) is 0.818. The molecule has 0 aromatic heterocycles. The Kier molecular flexibility index (Phi) is 5.85. The number of carbonyl (C=O) groups is 2. The van der Waals surface area contributed by atoms with E-state index in [9.17, 15) is 9.59 Å². The number of hydrogen-bond acceptors (Lipinski definition) is 3. The van der Waals surface area contributed by atoms with Gasteiger partial charge in [0.05, 0.1) is 0 Å². The van der Waals surface area contributed by atoms with Crippen molar-refractivity contribution in [1.29, 1.82) is 0 Å². The predicted molar refractivity (Wildman–Crippen MR) is 61.8 cm³/mol. The summed E-state index contributed by atoms with van der Waals surface area (Å²) in [6.07, 6.45) is 0.622. The lowest BCUT2D eigenvalue weighted by Gasteiger charge is -2.20. The quantitative estimate of drug-likeness (QED) is 0.749. The summed E-state index contributed by atoms with van der Waals surface area (Å²) >= 11 is 0. The van der Waals surface area contributed by atoms with Crippen LogP contribution in [0.1, 0.15) is 40.5 Å². The summed E-state index contributed by atoms with van der Waals surface area (Å²) in [7, 11) is 0. The summed E-state index contributed by atoms with van der Waals surface area (Å²) in [4.78, 5) is 21.8. The molecule has 0 bridgehead atoms. The Morgan fingerprint density at radius 2 is 1.94 bits per heavy atom. The lowest BCUT2D eigenvalue weighted by atomic mass is 10.0. The van der Waals surface area contributed by atoms with Gasteiger partial charge < -0.3 is 15.8 Å². The van der Waals surface area contributed by atoms with Crippen LogP contribution < -0.4 is 11.1 Å². The molecule has 0 rings (SSSR count). The maximum atomic E-state index is 11.2. The zero-order valence-electron chi connectivity index (χ0n) is 10.5. The zero-order chi connectivity index (χ0) is 12.8. The summed E-state index contributed by atoms with van der Waals surface area (Å²) in [6.45, 7) is 7.83. The molecule has 0 aliphatic rings. The van der Waals surface area contributed by atoms with Crippen LogP contribution in [0.5, 0.6) is 0 Å². The molecule has 1 atom stereocenters. The Labute approximate surface area is 96.7 Å². The average Bonchev–Trinajstić information content (AvgIpc) is 1.98. The first-order valence-electron chi connectivity index (χ1n) is 5.46. The molecule has 0 fully saturated rings. The van der Waals surface area contributed by atoms with Crippen LogP contribution in [0.25, 0.3) is 0 Å². The molecule has 0 aromatic rings. The van der Waals surface area contributed by atoms with Gasteiger partial charge in [-0.15, -0.1) is 0 Å². The second kappa shape index (κ2) is 6.35. The minimum Gasteiger partial charge on any atom is -0.444 e. The van der Waals surface area contributed by atoms with Crippen molar-refractivity contribution < 1.29 is 14.3 Å². The van der Waals surface area contributed by atoms with Crippen LogP contribution in [0.3, 0.4) is 0 Å². The first kappa shape index (κ1) is 14.7. The molecule has 0 radical (unpaired) electrons. The van der Waals surface area contributed by atoms with Crippen LogP contribution in [0.4, 0.5) is 4.79 Å². The summed E-state index contributed by atoms with van der Waals surface area (Å²) in [5, 5.41) is 2.63. The monoisotopic (exact) mass is 230 g/mol. The normalized spacial score (nSPS) is 13.0. The molecule has 1 unspecified atom stereocenters. The number of rotatable bonds is 5. The number of hydrogen-bond donors (Lipinski definition) is 2. The van der Waals surface area contributed by atoms with Crippen LogP contribution in [0.2, 0.25) is 0 Å². The van der Waals surface area contributed by atoms with Gasteiger partial charge in [-0.1, -0.05) is 6.92 Å². The van der Waals surface area contributed by atoms with Crippen molar-refractivity contribution in [3.05, 3.63) is 0 Å². The predicted octanol–water partition coefficient (Wildman–Crippen LogP) is 1.41. The SMILES string of the molecule is CC(CCNC(=O)OC(C)(C)C)CC(N)=O. The molecule has 2 amide bonds. The Balaban J connectivity index is 3.66. The van der Waals surface area contributed by atoms with Gasteiger partial charge in [0.1, 0.15) is 5.60 Å². The molecule has 5 heteroatoms. The first-order chi connectivity index (χ1) is 7.20. The van der Waals surface area contributed by atoms with E-state index < -0.39 is 11.7 Å². The highest BCUT2D eigenvalue weighted by molar-refractivity contribution is 5.73. The first-order valence-corrected chi connectivity index (χ1v) is 5.46. The summed E-state index contributed by atoms with van der Waals surface area (Å²) < 4.78 is 5.06. The van der Waals surface area contributed by atoms with Crippen molar-refractivity contribution in [2.24, 2.45) is 11.7 Å². The van der Waals surface area contributed by atoms with E-state index in [1.54, 1.807) is 0 Å². The van der Waals surface area contributed by atoms with E-state index in [4.69, 9.17) is 10.5 Å². The van der Waals surface area contributed by atoms with Gasteiger partial charge in [0.15, 0.2) is 0 Å². The van der Waals surface area contributed by atoms with Crippen LogP contribution in [-0.2, 0) is 9.53 Å². The second-order valence-corrected chi connectivity index (χ2v) is 4.99. The summed E-state index contributed by atoms with van der Waals surface area (Å²) in [5.41, 5.74) is 4.57. The summed E-state index contributed by atoms with van der Waals surface area (Å²) in [5.74, 6) is -0.141. The van der Waals surface area contributed by atoms with Crippen molar-refractivity contribution in [3.63, 3.8) is 0 Å². The van der Waals surface area contributed by atoms with Gasteiger partial charge in [-0.25, -0.2) is 4.79 Å². The smallest absolute Gasteiger partial charge is 0.407 e. The molecule has 0 aliphatic carbocycles. The highest BCUT2D eigenvalue weighted by atomic mass is 16.6. The minimum absolute atomic E-state index is 0.174. The highest BCUT2D eigenvalue weighted by Gasteiger charge is 2.15. The lowest BCUT2D eigenvalue weighted by Crippen LogP contribution is -2.33. The molecule has 94 valence electrons. The largest absolute Gasteiger partial charge is 0.444 e. The molecule has 0 saturated heterocycles. The molecule has 16 heavy (non-hydrogen) atoms. The van der Waals surface area contributed by atoms with Crippen LogP contribution in [0, 0.1) is 5.92 Å². The molecule has 0 aliphatic heterocycles. The lowest BCUT2D eigenvalue weighted by molar-refractivity contribution is -0.118. The third kappa shape index (κ3) is 9.30. The van der Waals surface area contributed by atoms with Crippen molar-refractivity contribution >= 4 is 12.0 Å². The van der Waals surface area contributed by atoms with Gasteiger partial charge in [-0.2, -0.15) is 0 Å². The number of alkyl carbamates (subject to hydrolysis) is 1. The third-order valence-corrected chi connectivity index (χ3v) is 1.86. The molecule has 5 nitrogen and oxygen atoms in total. The van der Waals surface area contributed by atoms with Crippen LogP contribution in [-0.4, -0.2) is 24.1 Å². The van der Waals surface area contributed by atoms with Gasteiger partial charge in [0.2, 0.25) is 5.91 Å². The number of amides is 2. The van der Waals surface area contributed by atoms with Gasteiger partial charge in [-0.3, -0.25) is 4.79 Å². The Morgan fingerprint density at radius 3 is 2.38 bits per heavy atom. The zero-order valence-corrected chi connectivity index (χ0v) is 10.5. The van der Waals surface area contributed by atoms with E-state index in [1.807, 2.05) is 27.7 Å². The molecule has 0 spiro atoms. The molecular weight excluding hydrogens is 208 g/mol. The van der Waals surface area contributed by atoms with Gasteiger partial charge >= 0.3 is 6.09 Å². The molecule has 0 heterocycles. The van der Waals surface area contributed by atoms with Crippen molar-refractivity contribution in [2.45, 2.75) is 46.1 Å². The second-order valence-electron chi connectivity index (χ2n) is 4.99. The van der Waals surface area contributed by atoms with Crippen molar-refractivity contribution in [3.8, 4) is 0 Å². The van der Waals surface area contributed by atoms with E-state index in [0.717, 1.165) is 0 Å². The van der Waals surface area contributed by atoms with E-state index in [-0.39, 0.29) is 11.8 Å². The molecular formula is C11H22N2O3. The van der Waals surface area contributed by atoms with Crippen LogP contribution in [0.15, 0.2) is 0 Å². The summed E-state index contributed by atoms with van der Waals surface area (Å²) in [6, 6.07) is 0. The van der Waals surface area contributed by atoms with E-state index in [1.165, 1.54) is 0 Å². The van der Waals surface area contributed by atoms with Crippen LogP contribution >= 0.6 is 0 Å². The topological polar surface area (TPSA) is 81.4 Å². The van der Waals surface area contributed by atoms with Gasteiger partial charge in [0, 0.05) is 13.0 Å². The van der Waals surface area contributed by atoms with Gasteiger partial charge in [-0.05, 0) is 33.1 Å². The number of ether oxygens (including phenoxy) is 1. The average molecular weight is 230 g/mol. The maximum absolute atomic E-state index is 11.2. The fourth-order valence-electron chi connectivity index (χ4n) is 1.18. The molecule has 0 saturated carbocycles. The Bertz CT molecular complexity index is 246. The number of nitrogens with one attached hydrogen (secondary N) is 1. The molecule has 3 N–H and O–H groups in total. The third-order valence-electron chi connectivity index (χ3n) is 1.86. The Morgan fingerprint density at radius 1 is 1.38 bits per heavy atom. The van der Waals surface area contributed by atoms with Crippen molar-refractivity contribution in [2.75, 3.05) is 6.54 Å². The Hall–Kier alpha value is -1.26. The van der Waals surface area contributed by atoms with E-state index in [2.05, 4.69) is 5.32 Å². The van der Waals surface area contributed by atoms with Gasteiger partial charge in [0.25, 0.3) is 0 Å². The highest BCUT2D eigenvalue weighted by Crippen LogP contribution is 2.08. The number of nitrogens with two attached hydrogens (primary N) is 1. The minimum atomic E-state index is -0.483. The van der Waals surface area contributed by atoms with Crippen molar-refractivity contribution in [1.82, 2.24) is 5.32 Å².